The van der Waals surface area contributed by atoms with Crippen LogP contribution in [0.25, 0.3) is 0 Å². The van der Waals surface area contributed by atoms with Crippen LogP contribution >= 0.6 is 27.5 Å². The SMILES string of the molecule is COc1ccc(Cl)cc1N(C)C(=O)Br. The van der Waals surface area contributed by atoms with Crippen molar-refractivity contribution in [2.75, 3.05) is 19.1 Å². The third-order valence-corrected chi connectivity index (χ3v) is 2.53. The first-order valence-electron chi connectivity index (χ1n) is 3.83. The average Bonchev–Trinajstić information content (AvgIpc) is 2.16. The molecular weight excluding hydrogens is 269 g/mol. The van der Waals surface area contributed by atoms with Crippen LogP contribution in [0.5, 0.6) is 5.75 Å². The highest BCUT2D eigenvalue weighted by molar-refractivity contribution is 9.18. The number of nitrogens with zero attached hydrogens (tertiary/aromatic N) is 1. The topological polar surface area (TPSA) is 29.5 Å². The molecule has 0 spiro atoms. The molecule has 0 atom stereocenters. The number of ether oxygens (including phenoxy) is 1. The van der Waals surface area contributed by atoms with Crippen LogP contribution in [0.3, 0.4) is 0 Å². The van der Waals surface area contributed by atoms with Gasteiger partial charge in [-0.05, 0) is 18.2 Å². The number of hydrogen-bond donors (Lipinski definition) is 0. The summed E-state index contributed by atoms with van der Waals surface area (Å²) in [5.41, 5.74) is 0.627. The molecule has 0 aliphatic rings. The molecule has 0 bridgehead atoms. The second-order valence-corrected chi connectivity index (χ2v) is 3.74. The summed E-state index contributed by atoms with van der Waals surface area (Å²) >= 11 is 8.67. The van der Waals surface area contributed by atoms with Crippen LogP contribution in [0.1, 0.15) is 0 Å². The quantitative estimate of drug-likeness (QED) is 0.613. The molecule has 0 radical (unpaired) electrons. The number of carbonyl (C=O) groups is 1. The number of amides is 1. The van der Waals surface area contributed by atoms with Crippen LogP contribution in [0.4, 0.5) is 10.5 Å². The van der Waals surface area contributed by atoms with Gasteiger partial charge in [-0.2, -0.15) is 0 Å². The van der Waals surface area contributed by atoms with Crippen LogP contribution in [0.15, 0.2) is 18.2 Å². The van der Waals surface area contributed by atoms with Crippen molar-refractivity contribution in [3.63, 3.8) is 0 Å². The van der Waals surface area contributed by atoms with Gasteiger partial charge in [0.25, 0.3) is 4.82 Å². The van der Waals surface area contributed by atoms with Crippen LogP contribution in [0, 0.1) is 0 Å². The van der Waals surface area contributed by atoms with Crippen molar-refractivity contribution >= 4 is 38.0 Å². The van der Waals surface area contributed by atoms with E-state index >= 15 is 0 Å². The number of halogens is 2. The van der Waals surface area contributed by atoms with Crippen LogP contribution in [-0.2, 0) is 0 Å². The van der Waals surface area contributed by atoms with Gasteiger partial charge in [0.1, 0.15) is 5.75 Å². The molecule has 0 aliphatic carbocycles. The van der Waals surface area contributed by atoms with E-state index < -0.39 is 0 Å². The van der Waals surface area contributed by atoms with Crippen molar-refractivity contribution in [1.82, 2.24) is 0 Å². The molecule has 0 saturated carbocycles. The monoisotopic (exact) mass is 277 g/mol. The van der Waals surface area contributed by atoms with Gasteiger partial charge in [-0.15, -0.1) is 0 Å². The molecule has 3 nitrogen and oxygen atoms in total. The van der Waals surface area contributed by atoms with E-state index in [1.54, 1.807) is 32.4 Å². The summed E-state index contributed by atoms with van der Waals surface area (Å²) in [6.45, 7) is 0. The second-order valence-electron chi connectivity index (χ2n) is 2.63. The zero-order chi connectivity index (χ0) is 10.7. The van der Waals surface area contributed by atoms with Crippen LogP contribution in [0.2, 0.25) is 5.02 Å². The Labute approximate surface area is 95.7 Å². The molecule has 1 aromatic carbocycles. The molecule has 0 unspecified atom stereocenters. The summed E-state index contributed by atoms with van der Waals surface area (Å²) in [5, 5.41) is 0.557. The minimum atomic E-state index is -0.252. The Morgan fingerprint density at radius 1 is 1.57 bits per heavy atom. The molecule has 14 heavy (non-hydrogen) atoms. The number of methoxy groups -OCH3 is 1. The normalized spacial score (nSPS) is 9.71. The number of carbonyl (C=O) groups excluding carboxylic acids is 1. The lowest BCUT2D eigenvalue weighted by atomic mass is 10.3. The van der Waals surface area contributed by atoms with Gasteiger partial charge >= 0.3 is 0 Å². The minimum Gasteiger partial charge on any atom is -0.495 e. The highest BCUT2D eigenvalue weighted by atomic mass is 79.9. The Morgan fingerprint density at radius 3 is 2.71 bits per heavy atom. The maximum atomic E-state index is 11.1. The van der Waals surface area contributed by atoms with Crippen molar-refractivity contribution in [2.24, 2.45) is 0 Å². The van der Waals surface area contributed by atoms with E-state index in [1.165, 1.54) is 4.90 Å². The summed E-state index contributed by atoms with van der Waals surface area (Å²) in [6.07, 6.45) is 0. The predicted molar refractivity (Wildman–Crippen MR) is 60.7 cm³/mol. The zero-order valence-corrected chi connectivity index (χ0v) is 10.1. The van der Waals surface area contributed by atoms with E-state index in [1.807, 2.05) is 0 Å². The maximum absolute atomic E-state index is 11.1. The van der Waals surface area contributed by atoms with Crippen LogP contribution < -0.4 is 9.64 Å². The highest BCUT2D eigenvalue weighted by Crippen LogP contribution is 2.31. The van der Waals surface area contributed by atoms with E-state index in [0.717, 1.165) is 0 Å². The van der Waals surface area contributed by atoms with Gasteiger partial charge in [0, 0.05) is 28.0 Å². The first-order valence-corrected chi connectivity index (χ1v) is 5.00. The lowest BCUT2D eigenvalue weighted by Crippen LogP contribution is -2.19. The van der Waals surface area contributed by atoms with Crippen molar-refractivity contribution < 1.29 is 9.53 Å². The molecular formula is C9H9BrClNO2. The van der Waals surface area contributed by atoms with E-state index in [2.05, 4.69) is 15.9 Å². The molecule has 0 fully saturated rings. The standard InChI is InChI=1S/C9H9BrClNO2/c1-12(9(10)13)7-5-6(11)3-4-8(7)14-2/h3-5H,1-2H3. The third kappa shape index (κ3) is 2.39. The van der Waals surface area contributed by atoms with E-state index in [0.29, 0.717) is 16.5 Å². The number of anilines is 1. The smallest absolute Gasteiger partial charge is 0.293 e. The van der Waals surface area contributed by atoms with Gasteiger partial charge in [-0.25, -0.2) is 0 Å². The summed E-state index contributed by atoms with van der Waals surface area (Å²) < 4.78 is 5.10. The molecule has 1 amide bonds. The Hall–Kier alpha value is -0.740. The van der Waals surface area contributed by atoms with Crippen molar-refractivity contribution in [2.45, 2.75) is 0 Å². The Balaban J connectivity index is 3.16. The zero-order valence-electron chi connectivity index (χ0n) is 7.75. The van der Waals surface area contributed by atoms with Gasteiger partial charge in [0.05, 0.1) is 12.8 Å². The molecule has 5 heteroatoms. The van der Waals surface area contributed by atoms with Gasteiger partial charge < -0.3 is 9.64 Å². The summed E-state index contributed by atoms with van der Waals surface area (Å²) in [5.74, 6) is 0.602. The fourth-order valence-corrected chi connectivity index (χ4v) is 1.38. The molecule has 0 N–H and O–H groups in total. The largest absolute Gasteiger partial charge is 0.495 e. The summed E-state index contributed by atoms with van der Waals surface area (Å²) in [7, 11) is 3.17. The highest BCUT2D eigenvalue weighted by Gasteiger charge is 2.12. The maximum Gasteiger partial charge on any atom is 0.293 e. The molecule has 0 saturated heterocycles. The lowest BCUT2D eigenvalue weighted by molar-refractivity contribution is 0.266. The molecule has 0 heterocycles. The van der Waals surface area contributed by atoms with Gasteiger partial charge in [-0.1, -0.05) is 11.6 Å². The number of hydrogen-bond acceptors (Lipinski definition) is 2. The lowest BCUT2D eigenvalue weighted by Gasteiger charge is -2.17. The molecule has 76 valence electrons. The fourth-order valence-electron chi connectivity index (χ4n) is 1.02. The first-order chi connectivity index (χ1) is 6.56. The van der Waals surface area contributed by atoms with Gasteiger partial charge in [-0.3, -0.25) is 4.79 Å². The Morgan fingerprint density at radius 2 is 2.21 bits per heavy atom. The van der Waals surface area contributed by atoms with Crippen LogP contribution in [-0.4, -0.2) is 19.0 Å². The van der Waals surface area contributed by atoms with E-state index in [-0.39, 0.29) is 4.82 Å². The molecule has 0 aromatic heterocycles. The Bertz CT molecular complexity index is 357. The van der Waals surface area contributed by atoms with E-state index in [9.17, 15) is 4.79 Å². The summed E-state index contributed by atoms with van der Waals surface area (Å²) in [6, 6.07) is 5.08. The molecule has 0 aliphatic heterocycles. The summed E-state index contributed by atoms with van der Waals surface area (Å²) in [4.78, 5) is 12.2. The fraction of sp³-hybridized carbons (Fsp3) is 0.222. The number of benzene rings is 1. The average molecular weight is 279 g/mol. The number of rotatable bonds is 2. The van der Waals surface area contributed by atoms with Crippen molar-refractivity contribution in [3.8, 4) is 5.75 Å². The third-order valence-electron chi connectivity index (χ3n) is 1.77. The van der Waals surface area contributed by atoms with E-state index in [4.69, 9.17) is 16.3 Å². The first kappa shape index (κ1) is 11.3. The Kier molecular flexibility index (Phi) is 3.77. The molecule has 1 aromatic rings. The minimum absolute atomic E-state index is 0.252. The van der Waals surface area contributed by atoms with Crippen molar-refractivity contribution in [3.05, 3.63) is 23.2 Å². The molecule has 1 rings (SSSR count). The van der Waals surface area contributed by atoms with Gasteiger partial charge in [0.2, 0.25) is 0 Å². The van der Waals surface area contributed by atoms with Gasteiger partial charge in [0.15, 0.2) is 0 Å². The predicted octanol–water partition coefficient (Wildman–Crippen LogP) is 3.30. The van der Waals surface area contributed by atoms with Crippen molar-refractivity contribution in [1.29, 1.82) is 0 Å². The second kappa shape index (κ2) is 4.66.